The highest BCUT2D eigenvalue weighted by atomic mass is 35.5. The van der Waals surface area contributed by atoms with Crippen molar-refractivity contribution in [3.05, 3.63) is 71.3 Å². The minimum atomic E-state index is -0.0888. The molecule has 114 valence electrons. The molecule has 0 aliphatic rings. The Labute approximate surface area is 137 Å². The molecule has 6 nitrogen and oxygen atoms in total. The van der Waals surface area contributed by atoms with Gasteiger partial charge in [-0.25, -0.2) is 14.3 Å². The minimum Gasteiger partial charge on any atom is -0.248 e. The van der Waals surface area contributed by atoms with Gasteiger partial charge in [0.1, 0.15) is 24.2 Å². The third-order valence-electron chi connectivity index (χ3n) is 3.84. The molecule has 0 amide bonds. The molecule has 0 saturated carbocycles. The number of hydrogen-bond acceptors (Lipinski definition) is 4. The Morgan fingerprint density at radius 2 is 1.83 bits per heavy atom. The maximum atomic E-state index is 6.02. The summed E-state index contributed by atoms with van der Waals surface area (Å²) in [7, 11) is 1.88. The van der Waals surface area contributed by atoms with Crippen LogP contribution in [0, 0.1) is 0 Å². The summed E-state index contributed by atoms with van der Waals surface area (Å²) < 4.78 is 3.59. The van der Waals surface area contributed by atoms with Crippen molar-refractivity contribution in [2.75, 3.05) is 0 Å². The Morgan fingerprint density at radius 3 is 2.57 bits per heavy atom. The van der Waals surface area contributed by atoms with Crippen molar-refractivity contribution in [2.45, 2.75) is 6.04 Å². The quantitative estimate of drug-likeness (QED) is 0.581. The molecule has 1 atom stereocenters. The van der Waals surface area contributed by atoms with E-state index in [9.17, 15) is 0 Å². The van der Waals surface area contributed by atoms with Gasteiger partial charge in [0.05, 0.1) is 5.52 Å². The van der Waals surface area contributed by atoms with Gasteiger partial charge < -0.3 is 0 Å². The second-order valence-electron chi connectivity index (χ2n) is 5.29. The number of rotatable bonds is 3. The van der Waals surface area contributed by atoms with Crippen molar-refractivity contribution in [3.8, 4) is 0 Å². The van der Waals surface area contributed by atoms with Crippen molar-refractivity contribution in [1.82, 2.24) is 29.8 Å². The van der Waals surface area contributed by atoms with Crippen LogP contribution in [-0.2, 0) is 7.05 Å². The molecule has 1 unspecified atom stereocenters. The minimum absolute atomic E-state index is 0.0888. The van der Waals surface area contributed by atoms with Crippen LogP contribution >= 0.6 is 11.6 Å². The highest BCUT2D eigenvalue weighted by Gasteiger charge is 2.18. The second-order valence-corrected chi connectivity index (χ2v) is 5.73. The van der Waals surface area contributed by atoms with Gasteiger partial charge in [-0.3, -0.25) is 0 Å². The Hall–Kier alpha value is -2.73. The summed E-state index contributed by atoms with van der Waals surface area (Å²) in [5, 5.41) is 13.2. The van der Waals surface area contributed by atoms with E-state index in [1.165, 1.54) is 6.33 Å². The van der Waals surface area contributed by atoms with E-state index in [2.05, 4.69) is 26.5 Å². The van der Waals surface area contributed by atoms with E-state index < -0.39 is 0 Å². The van der Waals surface area contributed by atoms with Gasteiger partial charge in [0.15, 0.2) is 0 Å². The first-order chi connectivity index (χ1) is 11.2. The van der Waals surface area contributed by atoms with E-state index in [1.54, 1.807) is 11.0 Å². The molecule has 0 saturated heterocycles. The fourth-order valence-corrected chi connectivity index (χ4v) is 2.84. The van der Waals surface area contributed by atoms with Crippen LogP contribution in [0.15, 0.2) is 55.1 Å². The topological polar surface area (TPSA) is 61.4 Å². The molecular formula is C16H13ClN6. The summed E-state index contributed by atoms with van der Waals surface area (Å²) in [6.45, 7) is 0. The molecule has 2 heterocycles. The highest BCUT2D eigenvalue weighted by Crippen LogP contribution is 2.28. The van der Waals surface area contributed by atoms with E-state index >= 15 is 0 Å². The van der Waals surface area contributed by atoms with Crippen LogP contribution in [0.5, 0.6) is 0 Å². The fourth-order valence-electron chi connectivity index (χ4n) is 2.71. The zero-order chi connectivity index (χ0) is 15.8. The molecular weight excluding hydrogens is 311 g/mol. The molecule has 0 aliphatic carbocycles. The van der Waals surface area contributed by atoms with Crippen LogP contribution < -0.4 is 0 Å². The second kappa shape index (κ2) is 5.48. The average molecular weight is 324 g/mol. The smallest absolute Gasteiger partial charge is 0.137 e. The lowest BCUT2D eigenvalue weighted by Crippen LogP contribution is -2.13. The number of aryl methyl sites for hydroxylation is 1. The molecule has 0 aliphatic heterocycles. The fraction of sp³-hybridized carbons (Fsp3) is 0.125. The molecule has 0 radical (unpaired) electrons. The predicted octanol–water partition coefficient (Wildman–Crippen LogP) is 2.85. The van der Waals surface area contributed by atoms with E-state index in [0.29, 0.717) is 5.02 Å². The first-order valence-corrected chi connectivity index (χ1v) is 7.49. The number of nitrogens with zero attached hydrogens (tertiary/aromatic N) is 6. The summed E-state index contributed by atoms with van der Waals surface area (Å²) in [6, 6.07) is 13.8. The third-order valence-corrected chi connectivity index (χ3v) is 4.09. The van der Waals surface area contributed by atoms with Gasteiger partial charge in [-0.05, 0) is 35.4 Å². The lowest BCUT2D eigenvalue weighted by Gasteiger charge is -2.18. The van der Waals surface area contributed by atoms with Gasteiger partial charge >= 0.3 is 0 Å². The maximum Gasteiger partial charge on any atom is 0.137 e. The van der Waals surface area contributed by atoms with E-state index in [-0.39, 0.29) is 6.04 Å². The van der Waals surface area contributed by atoms with Gasteiger partial charge in [-0.1, -0.05) is 35.0 Å². The molecule has 0 fully saturated rings. The summed E-state index contributed by atoms with van der Waals surface area (Å²) in [5.41, 5.74) is 4.00. The molecule has 0 spiro atoms. The Kier molecular flexibility index (Phi) is 3.31. The molecule has 0 bridgehead atoms. The SMILES string of the molecule is [11CH3]n1nnc2ccc(C(c3ccc(Cl)cc3)n3cncn3)cc21. The molecule has 4 rings (SSSR count). The van der Waals surface area contributed by atoms with E-state index in [4.69, 9.17) is 11.6 Å². The van der Waals surface area contributed by atoms with E-state index in [1.807, 2.05) is 48.1 Å². The molecule has 2 aromatic heterocycles. The Balaban J connectivity index is 1.89. The maximum absolute atomic E-state index is 6.02. The van der Waals surface area contributed by atoms with Gasteiger partial charge in [0.25, 0.3) is 0 Å². The van der Waals surface area contributed by atoms with Crippen LogP contribution in [0.1, 0.15) is 17.2 Å². The van der Waals surface area contributed by atoms with Crippen LogP contribution in [0.25, 0.3) is 11.0 Å². The van der Waals surface area contributed by atoms with Crippen LogP contribution in [0.3, 0.4) is 0 Å². The summed E-state index contributed by atoms with van der Waals surface area (Å²) in [4.78, 5) is 4.08. The van der Waals surface area contributed by atoms with Crippen molar-refractivity contribution in [1.29, 1.82) is 0 Å². The number of benzene rings is 2. The lowest BCUT2D eigenvalue weighted by atomic mass is 9.98. The third kappa shape index (κ3) is 2.47. The van der Waals surface area contributed by atoms with E-state index in [0.717, 1.165) is 22.2 Å². The summed E-state index contributed by atoms with van der Waals surface area (Å²) in [6.07, 6.45) is 3.25. The largest absolute Gasteiger partial charge is 0.248 e. The van der Waals surface area contributed by atoms with Crippen molar-refractivity contribution in [2.24, 2.45) is 7.05 Å². The highest BCUT2D eigenvalue weighted by molar-refractivity contribution is 6.30. The van der Waals surface area contributed by atoms with Gasteiger partial charge in [-0.2, -0.15) is 5.10 Å². The lowest BCUT2D eigenvalue weighted by molar-refractivity contribution is 0.594. The van der Waals surface area contributed by atoms with Crippen molar-refractivity contribution < 1.29 is 0 Å². The van der Waals surface area contributed by atoms with Gasteiger partial charge in [0, 0.05) is 12.1 Å². The summed E-state index contributed by atoms with van der Waals surface area (Å²) in [5.74, 6) is 0. The molecule has 2 aromatic carbocycles. The predicted molar refractivity (Wildman–Crippen MR) is 87.2 cm³/mol. The molecule has 4 aromatic rings. The van der Waals surface area contributed by atoms with Crippen LogP contribution in [0.2, 0.25) is 5.02 Å². The van der Waals surface area contributed by atoms with Crippen molar-refractivity contribution in [3.63, 3.8) is 0 Å². The zero-order valence-electron chi connectivity index (χ0n) is 12.3. The first-order valence-electron chi connectivity index (χ1n) is 7.11. The normalized spacial score (nSPS) is 12.6. The summed E-state index contributed by atoms with van der Waals surface area (Å²) >= 11 is 6.02. The number of hydrogen-bond donors (Lipinski definition) is 0. The standard InChI is InChI=1S/C16H13ClN6/c1-22-15-8-12(4-7-14(15)20-21-22)16(23-10-18-9-19-23)11-2-5-13(17)6-3-11/h2-10,16H,1H3/i1-1. The van der Waals surface area contributed by atoms with Crippen LogP contribution in [-0.4, -0.2) is 29.8 Å². The van der Waals surface area contributed by atoms with Gasteiger partial charge in [0.2, 0.25) is 0 Å². The Bertz CT molecular complexity index is 943. The monoisotopic (exact) mass is 323 g/mol. The zero-order valence-corrected chi connectivity index (χ0v) is 13.1. The Morgan fingerprint density at radius 1 is 1.04 bits per heavy atom. The first kappa shape index (κ1) is 13.9. The molecule has 23 heavy (non-hydrogen) atoms. The van der Waals surface area contributed by atoms with Crippen LogP contribution in [0.4, 0.5) is 0 Å². The average Bonchev–Trinajstić information content (AvgIpc) is 3.21. The number of fused-ring (bicyclic) bond motifs is 1. The molecule has 0 N–H and O–H groups in total. The van der Waals surface area contributed by atoms with Crippen molar-refractivity contribution >= 4 is 22.6 Å². The molecule has 7 heteroatoms. The van der Waals surface area contributed by atoms with Gasteiger partial charge in [-0.15, -0.1) is 5.10 Å². The number of aromatic nitrogens is 6. The number of halogens is 1.